The molecule has 1 aliphatic rings. The average molecular weight is 326 g/mol. The zero-order valence-electron chi connectivity index (χ0n) is 11.0. The number of halogens is 7. The summed E-state index contributed by atoms with van der Waals surface area (Å²) >= 11 is 0. The van der Waals surface area contributed by atoms with Crippen molar-refractivity contribution in [3.63, 3.8) is 0 Å². The molecule has 0 aromatic rings. The summed E-state index contributed by atoms with van der Waals surface area (Å²) in [6, 6.07) is 0. The maximum Gasteiger partial charge on any atom is 0.459 e. The molecule has 0 aliphatic carbocycles. The molecule has 20 heavy (non-hydrogen) atoms. The van der Waals surface area contributed by atoms with E-state index in [-0.39, 0.29) is 0 Å². The Bertz CT molecular complexity index is 323. The van der Waals surface area contributed by atoms with E-state index in [1.54, 1.807) is 6.55 Å². The quantitative estimate of drug-likeness (QED) is 0.553. The molecule has 1 nitrogen and oxygen atoms in total. The third-order valence-corrected chi connectivity index (χ3v) is 5.99. The van der Waals surface area contributed by atoms with Crippen LogP contribution >= 0.6 is 0 Å². The Hall–Kier alpha value is -0.313. The summed E-state index contributed by atoms with van der Waals surface area (Å²) in [4.78, 5) is 0. The predicted molar refractivity (Wildman–Crippen MR) is 62.1 cm³/mol. The summed E-state index contributed by atoms with van der Waals surface area (Å²) in [5.74, 6) is -11.1. The van der Waals surface area contributed by atoms with Gasteiger partial charge in [0.2, 0.25) is 0 Å². The van der Waals surface area contributed by atoms with Crippen LogP contribution in [0.1, 0.15) is 32.1 Å². The van der Waals surface area contributed by atoms with E-state index in [1.165, 1.54) is 0 Å². The van der Waals surface area contributed by atoms with Crippen LogP contribution < -0.4 is 0 Å². The number of hydrogen-bond acceptors (Lipinski definition) is 1. The van der Waals surface area contributed by atoms with Crippen molar-refractivity contribution in [2.24, 2.45) is 0 Å². The zero-order chi connectivity index (χ0) is 15.7. The molecule has 1 rings (SSSR count). The van der Waals surface area contributed by atoms with Crippen LogP contribution in [-0.2, 0) is 4.74 Å². The van der Waals surface area contributed by atoms with Crippen molar-refractivity contribution >= 4 is 9.52 Å². The van der Waals surface area contributed by atoms with Crippen LogP contribution in [0.4, 0.5) is 30.7 Å². The van der Waals surface area contributed by atoms with Gasteiger partial charge < -0.3 is 4.74 Å². The zero-order valence-corrected chi connectivity index (χ0v) is 12.4. The Morgan fingerprint density at radius 2 is 1.65 bits per heavy atom. The van der Waals surface area contributed by atoms with Crippen molar-refractivity contribution < 1.29 is 35.5 Å². The Morgan fingerprint density at radius 3 is 2.05 bits per heavy atom. The molecule has 0 N–H and O–H groups in total. The molecule has 1 saturated heterocycles. The summed E-state index contributed by atoms with van der Waals surface area (Å²) in [6.45, 7) is 2.13. The lowest BCUT2D eigenvalue weighted by atomic mass is 9.98. The summed E-state index contributed by atoms with van der Waals surface area (Å²) in [5, 5.41) is -0.872. The van der Waals surface area contributed by atoms with E-state index in [0.717, 1.165) is 12.8 Å². The van der Waals surface area contributed by atoms with Crippen molar-refractivity contribution in [2.75, 3.05) is 6.61 Å². The fourth-order valence-electron chi connectivity index (χ4n) is 2.31. The molecule has 0 bridgehead atoms. The van der Waals surface area contributed by atoms with Gasteiger partial charge in [0.05, 0.1) is 14.7 Å². The Balaban J connectivity index is 2.76. The molecule has 1 aliphatic heterocycles. The molecule has 0 aromatic carbocycles. The molecule has 1 unspecified atom stereocenters. The molecule has 120 valence electrons. The minimum atomic E-state index is -6.25. The van der Waals surface area contributed by atoms with Gasteiger partial charge in [0.15, 0.2) is 0 Å². The van der Waals surface area contributed by atoms with E-state index in [0.29, 0.717) is 13.0 Å². The van der Waals surface area contributed by atoms with Crippen LogP contribution in [0, 0.1) is 0 Å². The first-order valence-electron chi connectivity index (χ1n) is 6.44. The fraction of sp³-hybridized carbons (Fsp3) is 1.00. The highest BCUT2D eigenvalue weighted by Crippen LogP contribution is 2.49. The van der Waals surface area contributed by atoms with Crippen molar-refractivity contribution in [2.45, 2.75) is 61.9 Å². The summed E-state index contributed by atoms with van der Waals surface area (Å²) in [6.07, 6.45) is -6.27. The lowest BCUT2D eigenvalue weighted by molar-refractivity contribution is -0.356. The highest BCUT2D eigenvalue weighted by molar-refractivity contribution is 6.37. The molecular weight excluding hydrogens is 309 g/mol. The van der Waals surface area contributed by atoms with E-state index in [9.17, 15) is 30.7 Å². The number of rotatable bonds is 5. The molecule has 0 aromatic heterocycles. The average Bonchev–Trinajstić information content (AvgIpc) is 2.36. The smallest absolute Gasteiger partial charge is 0.379 e. The molecule has 9 heteroatoms. The SMILES string of the molecule is C[SiH2]C1(CCC(F)(F)C(F)(F)C(F)(F)F)CCCCO1. The van der Waals surface area contributed by atoms with E-state index in [1.807, 2.05) is 0 Å². The highest BCUT2D eigenvalue weighted by Gasteiger charge is 2.72. The van der Waals surface area contributed by atoms with Crippen molar-refractivity contribution in [3.8, 4) is 0 Å². The van der Waals surface area contributed by atoms with Gasteiger partial charge in [-0.15, -0.1) is 0 Å². The second kappa shape index (κ2) is 5.82. The van der Waals surface area contributed by atoms with Gasteiger partial charge in [-0.2, -0.15) is 30.7 Å². The van der Waals surface area contributed by atoms with Gasteiger partial charge in [0, 0.05) is 13.0 Å². The molecule has 0 saturated carbocycles. The molecule has 1 fully saturated rings. The second-order valence-corrected chi connectivity index (χ2v) is 7.11. The molecule has 1 heterocycles. The number of hydrogen-bond donors (Lipinski definition) is 0. The predicted octanol–water partition coefficient (Wildman–Crippen LogP) is 3.71. The van der Waals surface area contributed by atoms with Crippen molar-refractivity contribution in [1.29, 1.82) is 0 Å². The van der Waals surface area contributed by atoms with Gasteiger partial charge in [-0.25, -0.2) is 0 Å². The molecule has 0 radical (unpaired) electrons. The third kappa shape index (κ3) is 3.47. The lowest BCUT2D eigenvalue weighted by Gasteiger charge is -2.38. The highest BCUT2D eigenvalue weighted by atomic mass is 28.2. The van der Waals surface area contributed by atoms with E-state index < -0.39 is 45.6 Å². The molecular formula is C11H17F7OSi. The summed E-state index contributed by atoms with van der Waals surface area (Å²) < 4.78 is 93.5. The van der Waals surface area contributed by atoms with Crippen LogP contribution in [0.25, 0.3) is 0 Å². The number of alkyl halides is 7. The van der Waals surface area contributed by atoms with E-state index >= 15 is 0 Å². The monoisotopic (exact) mass is 326 g/mol. The lowest BCUT2D eigenvalue weighted by Crippen LogP contribution is -2.53. The largest absolute Gasteiger partial charge is 0.459 e. The molecule has 1 atom stereocenters. The van der Waals surface area contributed by atoms with Crippen molar-refractivity contribution in [1.82, 2.24) is 0 Å². The maximum absolute atomic E-state index is 13.2. The van der Waals surface area contributed by atoms with Gasteiger partial charge in [0.1, 0.15) is 0 Å². The van der Waals surface area contributed by atoms with Crippen LogP contribution in [-0.4, -0.2) is 39.4 Å². The fourth-order valence-corrected chi connectivity index (χ4v) is 3.79. The molecule has 0 spiro atoms. The van der Waals surface area contributed by atoms with Gasteiger partial charge in [-0.3, -0.25) is 0 Å². The van der Waals surface area contributed by atoms with Crippen LogP contribution in [0.15, 0.2) is 0 Å². The first-order valence-corrected chi connectivity index (χ1v) is 8.56. The molecule has 0 amide bonds. The third-order valence-electron chi connectivity index (χ3n) is 3.79. The van der Waals surface area contributed by atoms with Gasteiger partial charge in [-0.05, 0) is 25.7 Å². The topological polar surface area (TPSA) is 9.23 Å². The van der Waals surface area contributed by atoms with Crippen LogP contribution in [0.2, 0.25) is 6.55 Å². The van der Waals surface area contributed by atoms with Gasteiger partial charge in [0.25, 0.3) is 0 Å². The van der Waals surface area contributed by atoms with E-state index in [2.05, 4.69) is 0 Å². The van der Waals surface area contributed by atoms with Gasteiger partial charge >= 0.3 is 18.0 Å². The minimum Gasteiger partial charge on any atom is -0.379 e. The van der Waals surface area contributed by atoms with Crippen molar-refractivity contribution in [3.05, 3.63) is 0 Å². The maximum atomic E-state index is 13.2. The van der Waals surface area contributed by atoms with Crippen LogP contribution in [0.5, 0.6) is 0 Å². The first-order chi connectivity index (χ1) is 8.97. The summed E-state index contributed by atoms with van der Waals surface area (Å²) in [5.41, 5.74) is 0. The second-order valence-electron chi connectivity index (χ2n) is 5.12. The summed E-state index contributed by atoms with van der Waals surface area (Å²) in [7, 11) is -0.967. The minimum absolute atomic E-state index is 0.349. The van der Waals surface area contributed by atoms with Gasteiger partial charge in [-0.1, -0.05) is 6.55 Å². The Kier molecular flexibility index (Phi) is 5.16. The van der Waals surface area contributed by atoms with Crippen LogP contribution in [0.3, 0.4) is 0 Å². The number of ether oxygens (including phenoxy) is 1. The standard InChI is InChI=1S/C11H17F7OSi/c1-20-8(4-2-3-7-19-8)5-6-9(12,13)10(14,15)11(16,17)18/h2-7,20H2,1H3. The first kappa shape index (κ1) is 17.7. The normalized spacial score (nSPS) is 26.4. The van der Waals surface area contributed by atoms with E-state index in [4.69, 9.17) is 4.74 Å². The Labute approximate surface area is 114 Å². The Morgan fingerprint density at radius 1 is 1.05 bits per heavy atom.